The van der Waals surface area contributed by atoms with E-state index in [1.165, 1.54) is 5.56 Å². The zero-order valence-electron chi connectivity index (χ0n) is 18.8. The van der Waals surface area contributed by atoms with Crippen molar-refractivity contribution >= 4 is 39.7 Å². The maximum atomic E-state index is 12.3. The molecule has 3 rings (SSSR count). The first-order chi connectivity index (χ1) is 15.9. The van der Waals surface area contributed by atoms with Gasteiger partial charge < -0.3 is 9.47 Å². The summed E-state index contributed by atoms with van der Waals surface area (Å²) in [6.45, 7) is 6.77. The van der Waals surface area contributed by atoms with Crippen molar-refractivity contribution in [1.82, 2.24) is 5.43 Å². The van der Waals surface area contributed by atoms with Crippen LogP contribution in [0.1, 0.15) is 34.7 Å². The average Bonchev–Trinajstić information content (AvgIpc) is 2.75. The van der Waals surface area contributed by atoms with E-state index in [9.17, 15) is 4.79 Å². The average molecular weight is 530 g/mol. The maximum Gasteiger partial charge on any atom is 0.244 e. The fourth-order valence-corrected chi connectivity index (χ4v) is 4.07. The number of nitrogens with zero attached hydrogens (tertiary/aromatic N) is 1. The van der Waals surface area contributed by atoms with Crippen molar-refractivity contribution in [1.29, 1.82) is 0 Å². The molecule has 0 atom stereocenters. The molecule has 0 unspecified atom stereocenters. The molecule has 5 nitrogen and oxygen atoms in total. The maximum absolute atomic E-state index is 12.3. The zero-order chi connectivity index (χ0) is 23.8. The van der Waals surface area contributed by atoms with Gasteiger partial charge in [0.25, 0.3) is 0 Å². The van der Waals surface area contributed by atoms with Crippen LogP contribution >= 0.6 is 27.5 Å². The van der Waals surface area contributed by atoms with Crippen LogP contribution in [0, 0.1) is 13.8 Å². The number of carbonyl (C=O) groups excluding carboxylic acids is 1. The fraction of sp³-hybridized carbons (Fsp3) is 0.231. The Morgan fingerprint density at radius 3 is 2.67 bits per heavy atom. The highest BCUT2D eigenvalue weighted by atomic mass is 79.9. The van der Waals surface area contributed by atoms with Crippen molar-refractivity contribution in [3.05, 3.63) is 91.9 Å². The summed E-state index contributed by atoms with van der Waals surface area (Å²) < 4.78 is 12.5. The molecule has 0 spiro atoms. The Labute approximate surface area is 207 Å². The van der Waals surface area contributed by atoms with Gasteiger partial charge in [-0.05, 0) is 83.2 Å². The molecule has 33 heavy (non-hydrogen) atoms. The van der Waals surface area contributed by atoms with Gasteiger partial charge in [-0.1, -0.05) is 47.5 Å². The standard InChI is InChI=1S/C26H26BrClN2O3/c1-4-32-24-13-20(12-23(27)26(24)33-16-19-6-5-7-22(28)11-19)15-29-30-25(31)14-21-9-8-17(2)10-18(21)3/h5-13,15H,4,14,16H2,1-3H3,(H,30,31)/b29-15-. The van der Waals surface area contributed by atoms with Gasteiger partial charge in [-0.3, -0.25) is 4.79 Å². The molecule has 0 radical (unpaired) electrons. The van der Waals surface area contributed by atoms with Gasteiger partial charge in [0.2, 0.25) is 5.91 Å². The highest BCUT2D eigenvalue weighted by Gasteiger charge is 2.13. The number of benzene rings is 3. The van der Waals surface area contributed by atoms with E-state index < -0.39 is 0 Å². The SMILES string of the molecule is CCOc1cc(/C=N\NC(=O)Cc2ccc(C)cc2C)cc(Br)c1OCc1cccc(Cl)c1. The van der Waals surface area contributed by atoms with Crippen molar-refractivity contribution in [3.63, 3.8) is 0 Å². The molecule has 0 heterocycles. The number of rotatable bonds is 9. The molecule has 0 saturated heterocycles. The summed E-state index contributed by atoms with van der Waals surface area (Å²) >= 11 is 9.61. The van der Waals surface area contributed by atoms with Gasteiger partial charge >= 0.3 is 0 Å². The van der Waals surface area contributed by atoms with Crippen LogP contribution in [0.3, 0.4) is 0 Å². The van der Waals surface area contributed by atoms with Gasteiger partial charge in [-0.25, -0.2) is 5.43 Å². The van der Waals surface area contributed by atoms with Crippen molar-refractivity contribution in [2.75, 3.05) is 6.61 Å². The van der Waals surface area contributed by atoms with Crippen molar-refractivity contribution in [2.24, 2.45) is 5.10 Å². The predicted octanol–water partition coefficient (Wildman–Crippen LogP) is 6.39. The summed E-state index contributed by atoms with van der Waals surface area (Å²) in [5, 5.41) is 4.76. The van der Waals surface area contributed by atoms with Crippen LogP contribution in [0.5, 0.6) is 11.5 Å². The van der Waals surface area contributed by atoms with Crippen LogP contribution in [-0.4, -0.2) is 18.7 Å². The van der Waals surface area contributed by atoms with Crippen molar-refractivity contribution < 1.29 is 14.3 Å². The minimum absolute atomic E-state index is 0.177. The van der Waals surface area contributed by atoms with Gasteiger partial charge in [0, 0.05) is 5.02 Å². The van der Waals surface area contributed by atoms with Gasteiger partial charge in [-0.2, -0.15) is 5.10 Å². The molecule has 172 valence electrons. The van der Waals surface area contributed by atoms with Gasteiger partial charge in [0.15, 0.2) is 11.5 Å². The molecule has 7 heteroatoms. The van der Waals surface area contributed by atoms with E-state index in [1.54, 1.807) is 6.21 Å². The topological polar surface area (TPSA) is 59.9 Å². The van der Waals surface area contributed by atoms with E-state index in [1.807, 2.05) is 69.3 Å². The number of ether oxygens (including phenoxy) is 2. The normalized spacial score (nSPS) is 10.9. The number of carbonyl (C=O) groups is 1. The van der Waals surface area contributed by atoms with Crippen LogP contribution in [0.25, 0.3) is 0 Å². The zero-order valence-corrected chi connectivity index (χ0v) is 21.2. The Balaban J connectivity index is 1.67. The molecule has 1 N–H and O–H groups in total. The third kappa shape index (κ3) is 7.34. The Bertz CT molecular complexity index is 1160. The molecule has 0 aromatic heterocycles. The number of aryl methyl sites for hydroxylation is 2. The molecule has 0 aliphatic rings. The molecule has 0 fully saturated rings. The molecule has 0 bridgehead atoms. The molecule has 3 aromatic carbocycles. The summed E-state index contributed by atoms with van der Waals surface area (Å²) in [5.41, 5.74) is 7.54. The molecule has 0 aliphatic heterocycles. The summed E-state index contributed by atoms with van der Waals surface area (Å²) in [5.74, 6) is 0.994. The van der Waals surface area contributed by atoms with Crippen LogP contribution in [0.4, 0.5) is 0 Å². The highest BCUT2D eigenvalue weighted by molar-refractivity contribution is 9.10. The second-order valence-corrected chi connectivity index (χ2v) is 8.87. The number of hydrogen-bond acceptors (Lipinski definition) is 4. The third-order valence-corrected chi connectivity index (χ3v) is 5.68. The number of hydrogen-bond donors (Lipinski definition) is 1. The molecule has 1 amide bonds. The van der Waals surface area contributed by atoms with E-state index in [0.29, 0.717) is 29.7 Å². The lowest BCUT2D eigenvalue weighted by Gasteiger charge is -2.15. The first-order valence-electron chi connectivity index (χ1n) is 10.6. The Morgan fingerprint density at radius 1 is 1.12 bits per heavy atom. The smallest absolute Gasteiger partial charge is 0.244 e. The first-order valence-corrected chi connectivity index (χ1v) is 11.7. The Kier molecular flexibility index (Phi) is 8.92. The Hall–Kier alpha value is -2.83. The van der Waals surface area contributed by atoms with Crippen LogP contribution in [0.15, 0.2) is 64.2 Å². The second-order valence-electron chi connectivity index (χ2n) is 7.58. The lowest BCUT2D eigenvalue weighted by atomic mass is 10.0. The second kappa shape index (κ2) is 11.9. The van der Waals surface area contributed by atoms with Crippen LogP contribution in [-0.2, 0) is 17.8 Å². The summed E-state index contributed by atoms with van der Waals surface area (Å²) in [4.78, 5) is 12.3. The van der Waals surface area contributed by atoms with E-state index >= 15 is 0 Å². The Morgan fingerprint density at radius 2 is 1.94 bits per heavy atom. The number of nitrogens with one attached hydrogen (secondary N) is 1. The molecule has 0 aliphatic carbocycles. The molecular formula is C26H26BrClN2O3. The van der Waals surface area contributed by atoms with Gasteiger partial charge in [-0.15, -0.1) is 0 Å². The summed E-state index contributed by atoms with van der Waals surface area (Å²) in [6.07, 6.45) is 1.85. The minimum Gasteiger partial charge on any atom is -0.490 e. The van der Waals surface area contributed by atoms with E-state index in [0.717, 1.165) is 26.7 Å². The lowest BCUT2D eigenvalue weighted by Crippen LogP contribution is -2.20. The summed E-state index contributed by atoms with van der Waals surface area (Å²) in [6, 6.07) is 17.2. The first kappa shape index (κ1) is 24.8. The number of halogens is 2. The number of amides is 1. The van der Waals surface area contributed by atoms with E-state index in [-0.39, 0.29) is 12.3 Å². The lowest BCUT2D eigenvalue weighted by molar-refractivity contribution is -0.120. The minimum atomic E-state index is -0.177. The highest BCUT2D eigenvalue weighted by Crippen LogP contribution is 2.37. The van der Waals surface area contributed by atoms with E-state index in [4.69, 9.17) is 21.1 Å². The van der Waals surface area contributed by atoms with Crippen molar-refractivity contribution in [3.8, 4) is 11.5 Å². The predicted molar refractivity (Wildman–Crippen MR) is 136 cm³/mol. The van der Waals surface area contributed by atoms with Gasteiger partial charge in [0.05, 0.1) is 23.7 Å². The largest absolute Gasteiger partial charge is 0.490 e. The van der Waals surface area contributed by atoms with Crippen LogP contribution < -0.4 is 14.9 Å². The van der Waals surface area contributed by atoms with E-state index in [2.05, 4.69) is 32.5 Å². The van der Waals surface area contributed by atoms with Crippen molar-refractivity contribution in [2.45, 2.75) is 33.8 Å². The molecular weight excluding hydrogens is 504 g/mol. The molecule has 0 saturated carbocycles. The quantitative estimate of drug-likeness (QED) is 0.258. The molecule has 3 aromatic rings. The van der Waals surface area contributed by atoms with Gasteiger partial charge in [0.1, 0.15) is 6.61 Å². The fourth-order valence-electron chi connectivity index (χ4n) is 3.28. The third-order valence-electron chi connectivity index (χ3n) is 4.86. The number of hydrazone groups is 1. The monoisotopic (exact) mass is 528 g/mol. The van der Waals surface area contributed by atoms with Crippen LogP contribution in [0.2, 0.25) is 5.02 Å². The summed E-state index contributed by atoms with van der Waals surface area (Å²) in [7, 11) is 0.